The van der Waals surface area contributed by atoms with E-state index in [2.05, 4.69) is 36.9 Å². The summed E-state index contributed by atoms with van der Waals surface area (Å²) < 4.78 is 0. The molecule has 71 heavy (non-hydrogen) atoms. The Morgan fingerprint density at radius 3 is 1.28 bits per heavy atom. The summed E-state index contributed by atoms with van der Waals surface area (Å²) >= 11 is 0. The fourth-order valence-corrected chi connectivity index (χ4v) is 6.30. The van der Waals surface area contributed by atoms with Gasteiger partial charge in [-0.3, -0.25) is 52.9 Å². The van der Waals surface area contributed by atoms with Crippen molar-refractivity contribution in [3.8, 4) is 11.5 Å². The van der Waals surface area contributed by atoms with Gasteiger partial charge in [0.15, 0.2) is 5.96 Å². The van der Waals surface area contributed by atoms with Gasteiger partial charge < -0.3 is 90.2 Å². The van der Waals surface area contributed by atoms with Gasteiger partial charge in [0.05, 0.1) is 26.0 Å². The van der Waals surface area contributed by atoms with E-state index >= 15 is 0 Å². The zero-order valence-electron chi connectivity index (χ0n) is 37.7. The van der Waals surface area contributed by atoms with Crippen LogP contribution in [0, 0.1) is 0 Å². The predicted molar refractivity (Wildman–Crippen MR) is 242 cm³/mol. The van der Waals surface area contributed by atoms with Crippen molar-refractivity contribution in [3.63, 3.8) is 0 Å². The van der Waals surface area contributed by atoms with Crippen LogP contribution in [0.2, 0.25) is 0 Å². The van der Waals surface area contributed by atoms with Crippen LogP contribution in [0.3, 0.4) is 0 Å². The van der Waals surface area contributed by atoms with Gasteiger partial charge in [-0.25, -0.2) is 4.79 Å². The average Bonchev–Trinajstić information content (AvgIpc) is 3.29. The van der Waals surface area contributed by atoms with Crippen molar-refractivity contribution in [2.24, 2.45) is 22.2 Å². The molecule has 7 amide bonds. The van der Waals surface area contributed by atoms with E-state index in [4.69, 9.17) is 17.2 Å². The number of aliphatic carboxylic acids is 4. The minimum Gasteiger partial charge on any atom is -0.508 e. The molecule has 0 unspecified atom stereocenters. The quantitative estimate of drug-likeness (QED) is 0.0190. The van der Waals surface area contributed by atoms with Gasteiger partial charge >= 0.3 is 23.9 Å². The van der Waals surface area contributed by atoms with Gasteiger partial charge in [0.1, 0.15) is 53.8 Å². The monoisotopic (exact) mass is 1000 g/mol. The third kappa shape index (κ3) is 21.9. The van der Waals surface area contributed by atoms with Crippen molar-refractivity contribution in [2.75, 3.05) is 19.7 Å². The van der Waals surface area contributed by atoms with E-state index in [9.17, 15) is 88.5 Å². The molecule has 0 aliphatic carbocycles. The van der Waals surface area contributed by atoms with E-state index in [1.807, 2.05) is 5.32 Å². The number of phenols is 2. The van der Waals surface area contributed by atoms with E-state index in [0.717, 1.165) is 0 Å². The first kappa shape index (κ1) is 58.5. The third-order valence-electron chi connectivity index (χ3n) is 9.90. The number of nitrogens with two attached hydrogens (primary N) is 3. The number of aliphatic hydroxyl groups is 1. The summed E-state index contributed by atoms with van der Waals surface area (Å²) in [6, 6.07) is -2.41. The minimum absolute atomic E-state index is 0.0212. The van der Waals surface area contributed by atoms with Crippen molar-refractivity contribution in [3.05, 3.63) is 59.7 Å². The van der Waals surface area contributed by atoms with Crippen LogP contribution in [0.25, 0.3) is 0 Å². The van der Waals surface area contributed by atoms with Crippen LogP contribution in [-0.2, 0) is 65.6 Å². The second-order valence-corrected chi connectivity index (χ2v) is 15.5. The molecule has 2 rings (SSSR count). The molecule has 29 heteroatoms. The highest BCUT2D eigenvalue weighted by Crippen LogP contribution is 2.14. The zero-order valence-corrected chi connectivity index (χ0v) is 37.7. The molecule has 0 saturated heterocycles. The Kier molecular flexibility index (Phi) is 24.2. The molecule has 2 aromatic carbocycles. The second kappa shape index (κ2) is 29.3. The maximum absolute atomic E-state index is 14.0. The van der Waals surface area contributed by atoms with E-state index < -0.39 is 153 Å². The summed E-state index contributed by atoms with van der Waals surface area (Å²) in [5, 5.41) is 82.9. The first-order valence-electron chi connectivity index (χ1n) is 21.3. The molecule has 0 aromatic heterocycles. The highest BCUT2D eigenvalue weighted by molar-refractivity contribution is 5.99. The number of phenolic OH excluding ortho intramolecular Hbond substituents is 2. The maximum Gasteiger partial charge on any atom is 0.326 e. The lowest BCUT2D eigenvalue weighted by molar-refractivity contribution is -0.143. The fraction of sp³-hybridized carbons (Fsp3) is 0.429. The van der Waals surface area contributed by atoms with Crippen molar-refractivity contribution in [2.45, 2.75) is 93.7 Å². The Bertz CT molecular complexity index is 2260. The molecule has 0 fully saturated rings. The number of aliphatic imine (C=N–C) groups is 1. The van der Waals surface area contributed by atoms with Crippen LogP contribution < -0.4 is 54.4 Å². The summed E-state index contributed by atoms with van der Waals surface area (Å²) in [6.45, 7) is -1.73. The van der Waals surface area contributed by atoms with Gasteiger partial charge in [0.2, 0.25) is 41.4 Å². The lowest BCUT2D eigenvalue weighted by atomic mass is 10.0. The highest BCUT2D eigenvalue weighted by Gasteiger charge is 2.35. The minimum atomic E-state index is -2.07. The van der Waals surface area contributed by atoms with E-state index in [0.29, 0.717) is 5.56 Å². The molecule has 0 saturated carbocycles. The number of carbonyl (C=O) groups is 11. The fourth-order valence-electron chi connectivity index (χ4n) is 6.30. The molecular formula is C42H57N11O18. The molecule has 0 radical (unpaired) electrons. The smallest absolute Gasteiger partial charge is 0.326 e. The molecule has 29 nitrogen and oxygen atoms in total. The number of carbonyl (C=O) groups excluding carboxylic acids is 7. The number of carboxylic acid groups (broad SMARTS) is 4. The average molecular weight is 1000 g/mol. The van der Waals surface area contributed by atoms with Crippen LogP contribution in [0.4, 0.5) is 0 Å². The van der Waals surface area contributed by atoms with Crippen molar-refractivity contribution >= 4 is 71.2 Å². The third-order valence-corrected chi connectivity index (χ3v) is 9.90. The van der Waals surface area contributed by atoms with Crippen LogP contribution in [0.15, 0.2) is 53.5 Å². The summed E-state index contributed by atoms with van der Waals surface area (Å²) in [7, 11) is 0. The van der Waals surface area contributed by atoms with E-state index in [1.54, 1.807) is 0 Å². The standard InChI is InChI=1S/C42H57N11O18/c43-18-31(57)47-30(19-54)40(69)52-28(17-34(62)63)39(68)50-26(14-20-3-7-22(55)8-4-20)37(66)49-25(11-12-32(58)59)36(65)51-27(16-33(60)61)38(67)48-24(2-1-13-46-42(44)45)35(64)53-29(41(70)71)15-21-5-9-23(56)10-6-21/h3-10,24-30,54-56H,1-2,11-19,43H2,(H,47,57)(H,48,67)(H,49,66)(H,50,68)(H,51,65)(H,52,69)(H,53,64)(H,58,59)(H,60,61)(H,62,63)(H,70,71)(H4,44,45,46)/t24-,25-,26-,27-,28-,29-,30-/m0/s1. The normalized spacial score (nSPS) is 13.7. The number of nitrogens with zero attached hydrogens (tertiary/aromatic N) is 1. The van der Waals surface area contributed by atoms with Crippen LogP contribution >= 0.6 is 0 Å². The Morgan fingerprint density at radius 2 is 0.873 bits per heavy atom. The number of hydrogen-bond acceptors (Lipinski definition) is 16. The van der Waals surface area contributed by atoms with Gasteiger partial charge in [-0.15, -0.1) is 0 Å². The van der Waals surface area contributed by atoms with Crippen LogP contribution in [-0.4, -0.2) is 169 Å². The topological polar surface area (TPSA) is 504 Å². The molecule has 388 valence electrons. The number of rotatable bonds is 31. The number of aliphatic hydroxyl groups excluding tert-OH is 1. The Morgan fingerprint density at radius 1 is 0.493 bits per heavy atom. The van der Waals surface area contributed by atoms with Crippen molar-refractivity contribution in [1.82, 2.24) is 37.2 Å². The largest absolute Gasteiger partial charge is 0.508 e. The lowest BCUT2D eigenvalue weighted by Gasteiger charge is -2.27. The van der Waals surface area contributed by atoms with Gasteiger partial charge in [0, 0.05) is 25.8 Å². The predicted octanol–water partition coefficient (Wildman–Crippen LogP) is -5.82. The number of amides is 7. The first-order valence-corrected chi connectivity index (χ1v) is 21.3. The van der Waals surface area contributed by atoms with E-state index in [-0.39, 0.29) is 48.8 Å². The Balaban J connectivity index is 2.49. The summed E-state index contributed by atoms with van der Waals surface area (Å²) in [6.07, 6.45) is -4.97. The highest BCUT2D eigenvalue weighted by atomic mass is 16.4. The number of guanidine groups is 1. The summed E-state index contributed by atoms with van der Waals surface area (Å²) in [4.78, 5) is 145. The molecule has 7 atom stereocenters. The number of hydrogen-bond donors (Lipinski definition) is 17. The van der Waals surface area contributed by atoms with Gasteiger partial charge in [-0.05, 0) is 54.7 Å². The van der Waals surface area contributed by atoms with Gasteiger partial charge in [0.25, 0.3) is 0 Å². The molecule has 2 aromatic rings. The number of benzene rings is 2. The van der Waals surface area contributed by atoms with Crippen molar-refractivity contribution < 1.29 is 88.5 Å². The number of aromatic hydroxyl groups is 2. The van der Waals surface area contributed by atoms with Gasteiger partial charge in [-0.2, -0.15) is 0 Å². The SMILES string of the molecule is NCC(=O)N[C@@H](CO)C(=O)N[C@@H](CC(=O)O)C(=O)N[C@@H](Cc1ccc(O)cc1)C(=O)N[C@@H](CCC(=O)O)C(=O)N[C@@H](CC(=O)O)C(=O)N[C@@H](CCCN=C(N)N)C(=O)N[C@@H](Cc1ccc(O)cc1)C(=O)O. The van der Waals surface area contributed by atoms with Crippen molar-refractivity contribution in [1.29, 1.82) is 0 Å². The van der Waals surface area contributed by atoms with Gasteiger partial charge in [-0.1, -0.05) is 24.3 Å². The van der Waals surface area contributed by atoms with Crippen LogP contribution in [0.1, 0.15) is 49.7 Å². The first-order chi connectivity index (χ1) is 33.4. The Labute approximate surface area is 403 Å². The molecule has 20 N–H and O–H groups in total. The lowest BCUT2D eigenvalue weighted by Crippen LogP contribution is -2.61. The Hall–Kier alpha value is -8.60. The number of carboxylic acids is 4. The molecule has 0 aliphatic rings. The number of nitrogens with one attached hydrogen (secondary N) is 7. The molecule has 0 aliphatic heterocycles. The summed E-state index contributed by atoms with van der Waals surface area (Å²) in [5.41, 5.74) is 16.6. The van der Waals surface area contributed by atoms with Crippen LogP contribution in [0.5, 0.6) is 11.5 Å². The molecule has 0 spiro atoms. The maximum atomic E-state index is 14.0. The molecule has 0 heterocycles. The molecular weight excluding hydrogens is 947 g/mol. The molecule has 0 bridgehead atoms. The zero-order chi connectivity index (χ0) is 53.4. The second-order valence-electron chi connectivity index (χ2n) is 15.5. The van der Waals surface area contributed by atoms with E-state index in [1.165, 1.54) is 48.5 Å². The summed E-state index contributed by atoms with van der Waals surface area (Å²) in [5.74, 6) is -15.5.